The van der Waals surface area contributed by atoms with E-state index in [0.29, 0.717) is 5.88 Å². The number of nitrogens with one attached hydrogen (secondary N) is 1. The molecule has 0 fully saturated rings. The monoisotopic (exact) mass is 237 g/mol. The molecule has 96 valence electrons. The van der Waals surface area contributed by atoms with Crippen LogP contribution in [0.3, 0.4) is 0 Å². The summed E-state index contributed by atoms with van der Waals surface area (Å²) in [5.74, 6) is 0.632. The van der Waals surface area contributed by atoms with Gasteiger partial charge in [0.1, 0.15) is 5.69 Å². The van der Waals surface area contributed by atoms with Gasteiger partial charge in [-0.3, -0.25) is 4.98 Å². The summed E-state index contributed by atoms with van der Waals surface area (Å²) in [6, 6.07) is 0. The molecule has 4 heteroatoms. The Labute approximate surface area is 104 Å². The zero-order valence-electron chi connectivity index (χ0n) is 11.3. The van der Waals surface area contributed by atoms with Crippen LogP contribution in [0.25, 0.3) is 0 Å². The number of methoxy groups -OCH3 is 1. The maximum Gasteiger partial charge on any atom is 0.235 e. The van der Waals surface area contributed by atoms with E-state index in [0.717, 1.165) is 31.6 Å². The fourth-order valence-electron chi connectivity index (χ4n) is 1.76. The highest BCUT2D eigenvalue weighted by Crippen LogP contribution is 2.30. The molecule has 0 saturated heterocycles. The first-order valence-corrected chi connectivity index (χ1v) is 6.18. The summed E-state index contributed by atoms with van der Waals surface area (Å²) in [5.41, 5.74) is 0.904. The fourth-order valence-corrected chi connectivity index (χ4v) is 1.76. The molecule has 0 radical (unpaired) electrons. The van der Waals surface area contributed by atoms with Crippen molar-refractivity contribution in [2.45, 2.75) is 39.0 Å². The quantitative estimate of drug-likeness (QED) is 0.738. The van der Waals surface area contributed by atoms with Crippen molar-refractivity contribution in [2.75, 3.05) is 20.2 Å². The molecule has 17 heavy (non-hydrogen) atoms. The van der Waals surface area contributed by atoms with Gasteiger partial charge < -0.3 is 10.1 Å². The smallest absolute Gasteiger partial charge is 0.235 e. The molecule has 0 aliphatic rings. The van der Waals surface area contributed by atoms with Crippen LogP contribution in [0.5, 0.6) is 5.88 Å². The van der Waals surface area contributed by atoms with Crippen LogP contribution in [0.4, 0.5) is 0 Å². The molecular formula is C13H23N3O. The average Bonchev–Trinajstić information content (AvgIpc) is 2.34. The Bertz CT molecular complexity index is 339. The third kappa shape index (κ3) is 3.97. The topological polar surface area (TPSA) is 47.0 Å². The highest BCUT2D eigenvalue weighted by Gasteiger charge is 2.26. The van der Waals surface area contributed by atoms with Crippen molar-refractivity contribution in [2.24, 2.45) is 0 Å². The normalized spacial score (nSPS) is 11.5. The summed E-state index contributed by atoms with van der Waals surface area (Å²) >= 11 is 0. The number of nitrogens with zero attached hydrogens (tertiary/aromatic N) is 2. The van der Waals surface area contributed by atoms with Gasteiger partial charge in [-0.1, -0.05) is 20.8 Å². The van der Waals surface area contributed by atoms with Gasteiger partial charge in [0.05, 0.1) is 7.11 Å². The van der Waals surface area contributed by atoms with E-state index in [-0.39, 0.29) is 5.41 Å². The van der Waals surface area contributed by atoms with E-state index in [1.54, 1.807) is 19.5 Å². The highest BCUT2D eigenvalue weighted by atomic mass is 16.5. The second-order valence-electron chi connectivity index (χ2n) is 4.80. The number of hydrogen-bond donors (Lipinski definition) is 1. The summed E-state index contributed by atoms with van der Waals surface area (Å²) in [5, 5.41) is 3.41. The number of hydrogen-bond acceptors (Lipinski definition) is 4. The molecule has 0 atom stereocenters. The Kier molecular flexibility index (Phi) is 5.35. The van der Waals surface area contributed by atoms with Crippen LogP contribution in [0.15, 0.2) is 12.4 Å². The third-order valence-electron chi connectivity index (χ3n) is 2.85. The van der Waals surface area contributed by atoms with E-state index in [1.165, 1.54) is 0 Å². The van der Waals surface area contributed by atoms with Crippen LogP contribution >= 0.6 is 0 Å². The molecule has 0 unspecified atom stereocenters. The predicted octanol–water partition coefficient (Wildman–Crippen LogP) is 2.15. The molecule has 1 rings (SSSR count). The van der Waals surface area contributed by atoms with E-state index < -0.39 is 0 Å². The van der Waals surface area contributed by atoms with Gasteiger partial charge in [-0.25, -0.2) is 4.98 Å². The minimum atomic E-state index is -0.0274. The minimum absolute atomic E-state index is 0.0274. The van der Waals surface area contributed by atoms with Crippen LogP contribution in [0.2, 0.25) is 0 Å². The number of ether oxygens (including phenoxy) is 1. The Morgan fingerprint density at radius 2 is 1.94 bits per heavy atom. The molecule has 0 spiro atoms. The fraction of sp³-hybridized carbons (Fsp3) is 0.692. The summed E-state index contributed by atoms with van der Waals surface area (Å²) in [6.07, 6.45) is 5.56. The van der Waals surface area contributed by atoms with Gasteiger partial charge in [-0.05, 0) is 25.9 Å². The van der Waals surface area contributed by atoms with Crippen LogP contribution in [0.1, 0.15) is 39.3 Å². The molecule has 0 aromatic carbocycles. The molecule has 0 aliphatic carbocycles. The van der Waals surface area contributed by atoms with Crippen LogP contribution in [-0.2, 0) is 5.41 Å². The summed E-state index contributed by atoms with van der Waals surface area (Å²) < 4.78 is 5.27. The molecule has 1 aromatic heterocycles. The Morgan fingerprint density at radius 1 is 1.24 bits per heavy atom. The maximum atomic E-state index is 5.27. The molecule has 1 aromatic rings. The first-order valence-electron chi connectivity index (χ1n) is 6.18. The van der Waals surface area contributed by atoms with Gasteiger partial charge in [-0.2, -0.15) is 0 Å². The molecule has 0 amide bonds. The van der Waals surface area contributed by atoms with Gasteiger partial charge in [0.15, 0.2) is 0 Å². The molecule has 1 N–H and O–H groups in total. The van der Waals surface area contributed by atoms with Gasteiger partial charge in [0.25, 0.3) is 0 Å². The van der Waals surface area contributed by atoms with Crippen molar-refractivity contribution in [3.8, 4) is 5.88 Å². The Balaban J connectivity index is 2.67. The summed E-state index contributed by atoms with van der Waals surface area (Å²) in [4.78, 5) is 8.61. The van der Waals surface area contributed by atoms with Gasteiger partial charge >= 0.3 is 0 Å². The van der Waals surface area contributed by atoms with Crippen molar-refractivity contribution in [3.05, 3.63) is 18.1 Å². The highest BCUT2D eigenvalue weighted by molar-refractivity contribution is 5.25. The molecule has 4 nitrogen and oxygen atoms in total. The molecular weight excluding hydrogens is 214 g/mol. The lowest BCUT2D eigenvalue weighted by Gasteiger charge is -2.25. The predicted molar refractivity (Wildman–Crippen MR) is 69.4 cm³/mol. The van der Waals surface area contributed by atoms with E-state index in [2.05, 4.69) is 36.1 Å². The largest absolute Gasteiger partial charge is 0.480 e. The summed E-state index contributed by atoms with van der Waals surface area (Å²) in [7, 11) is 1.64. The molecule has 0 bridgehead atoms. The molecule has 0 saturated carbocycles. The van der Waals surface area contributed by atoms with E-state index in [1.807, 2.05) is 0 Å². The first-order chi connectivity index (χ1) is 8.11. The SMILES string of the molecule is CCCNCCC(C)(C)c1nccnc1OC. The van der Waals surface area contributed by atoms with Crippen LogP contribution < -0.4 is 10.1 Å². The van der Waals surface area contributed by atoms with Crippen LogP contribution in [-0.4, -0.2) is 30.2 Å². The lowest BCUT2D eigenvalue weighted by molar-refractivity contribution is 0.360. The van der Waals surface area contributed by atoms with Crippen molar-refractivity contribution in [1.82, 2.24) is 15.3 Å². The van der Waals surface area contributed by atoms with Crippen molar-refractivity contribution in [1.29, 1.82) is 0 Å². The maximum absolute atomic E-state index is 5.27. The first kappa shape index (κ1) is 13.9. The van der Waals surface area contributed by atoms with E-state index in [9.17, 15) is 0 Å². The zero-order chi connectivity index (χ0) is 12.7. The van der Waals surface area contributed by atoms with Gasteiger partial charge in [-0.15, -0.1) is 0 Å². The van der Waals surface area contributed by atoms with E-state index in [4.69, 9.17) is 4.74 Å². The lowest BCUT2D eigenvalue weighted by atomic mass is 9.85. The van der Waals surface area contributed by atoms with E-state index >= 15 is 0 Å². The van der Waals surface area contributed by atoms with Gasteiger partial charge in [0, 0.05) is 17.8 Å². The molecule has 0 aliphatic heterocycles. The van der Waals surface area contributed by atoms with Crippen molar-refractivity contribution < 1.29 is 4.74 Å². The molecule has 1 heterocycles. The standard InChI is InChI=1S/C13H23N3O/c1-5-7-14-8-6-13(2,3)11-12(17-4)16-10-9-15-11/h9-10,14H,5-8H2,1-4H3. The number of aromatic nitrogens is 2. The van der Waals surface area contributed by atoms with Crippen molar-refractivity contribution >= 4 is 0 Å². The minimum Gasteiger partial charge on any atom is -0.480 e. The second kappa shape index (κ2) is 6.55. The number of rotatable bonds is 7. The lowest BCUT2D eigenvalue weighted by Crippen LogP contribution is -2.27. The third-order valence-corrected chi connectivity index (χ3v) is 2.85. The summed E-state index contributed by atoms with van der Waals surface area (Å²) in [6.45, 7) is 8.57. The Hall–Kier alpha value is -1.16. The van der Waals surface area contributed by atoms with Crippen molar-refractivity contribution in [3.63, 3.8) is 0 Å². The zero-order valence-corrected chi connectivity index (χ0v) is 11.3. The van der Waals surface area contributed by atoms with Crippen LogP contribution in [0, 0.1) is 0 Å². The Morgan fingerprint density at radius 3 is 2.59 bits per heavy atom. The van der Waals surface area contributed by atoms with Gasteiger partial charge in [0.2, 0.25) is 5.88 Å². The second-order valence-corrected chi connectivity index (χ2v) is 4.80. The average molecular weight is 237 g/mol.